The molecule has 0 saturated heterocycles. The van der Waals surface area contributed by atoms with E-state index >= 15 is 0 Å². The van der Waals surface area contributed by atoms with Gasteiger partial charge in [-0.05, 0) is 31.0 Å². The summed E-state index contributed by atoms with van der Waals surface area (Å²) in [5.41, 5.74) is 0.516. The fourth-order valence-corrected chi connectivity index (χ4v) is 3.06. The second-order valence-corrected chi connectivity index (χ2v) is 5.49. The standard InChI is InChI=1S/C13H14Cl2O3/c14-7-4-5-11(15)10(6-7)12(16)8-2-1-3-9(8)13(17)18/h4-6,8-9,12,16H,1-3H2,(H,17,18). The predicted octanol–water partition coefficient (Wildman–Crippen LogP) is 3.53. The lowest BCUT2D eigenvalue weighted by molar-refractivity contribution is -0.144. The van der Waals surface area contributed by atoms with E-state index in [0.29, 0.717) is 28.5 Å². The van der Waals surface area contributed by atoms with Crippen molar-refractivity contribution in [2.24, 2.45) is 11.8 Å². The van der Waals surface area contributed by atoms with Crippen molar-refractivity contribution in [2.45, 2.75) is 25.4 Å². The van der Waals surface area contributed by atoms with Gasteiger partial charge in [0.2, 0.25) is 0 Å². The van der Waals surface area contributed by atoms with Crippen LogP contribution in [0.25, 0.3) is 0 Å². The van der Waals surface area contributed by atoms with Crippen LogP contribution in [0.1, 0.15) is 30.9 Å². The van der Waals surface area contributed by atoms with Crippen LogP contribution in [-0.2, 0) is 4.79 Å². The van der Waals surface area contributed by atoms with Crippen LogP contribution in [0.3, 0.4) is 0 Å². The second kappa shape index (κ2) is 5.47. The molecule has 1 aromatic rings. The van der Waals surface area contributed by atoms with E-state index in [9.17, 15) is 9.90 Å². The van der Waals surface area contributed by atoms with Crippen molar-refractivity contribution in [3.8, 4) is 0 Å². The molecule has 3 nitrogen and oxygen atoms in total. The molecule has 1 aliphatic carbocycles. The van der Waals surface area contributed by atoms with Crippen molar-refractivity contribution in [2.75, 3.05) is 0 Å². The first-order valence-electron chi connectivity index (χ1n) is 5.86. The molecule has 1 fully saturated rings. The van der Waals surface area contributed by atoms with Gasteiger partial charge < -0.3 is 10.2 Å². The summed E-state index contributed by atoms with van der Waals surface area (Å²) in [6.45, 7) is 0. The molecule has 98 valence electrons. The highest BCUT2D eigenvalue weighted by Crippen LogP contribution is 2.42. The Bertz CT molecular complexity index is 462. The quantitative estimate of drug-likeness (QED) is 0.895. The van der Waals surface area contributed by atoms with Gasteiger partial charge in [-0.25, -0.2) is 0 Å². The van der Waals surface area contributed by atoms with Crippen LogP contribution in [0.15, 0.2) is 18.2 Å². The Kier molecular flexibility index (Phi) is 4.15. The molecule has 18 heavy (non-hydrogen) atoms. The van der Waals surface area contributed by atoms with Crippen LogP contribution >= 0.6 is 23.2 Å². The molecule has 0 amide bonds. The van der Waals surface area contributed by atoms with Crippen LogP contribution in [0.5, 0.6) is 0 Å². The fraction of sp³-hybridized carbons (Fsp3) is 0.462. The average molecular weight is 289 g/mol. The molecule has 1 aliphatic rings. The summed E-state index contributed by atoms with van der Waals surface area (Å²) in [6, 6.07) is 4.86. The highest BCUT2D eigenvalue weighted by atomic mass is 35.5. The van der Waals surface area contributed by atoms with Crippen LogP contribution in [0, 0.1) is 11.8 Å². The van der Waals surface area contributed by atoms with Crippen LogP contribution in [0.2, 0.25) is 10.0 Å². The minimum absolute atomic E-state index is 0.293. The van der Waals surface area contributed by atoms with Crippen molar-refractivity contribution >= 4 is 29.2 Å². The molecular weight excluding hydrogens is 275 g/mol. The van der Waals surface area contributed by atoms with E-state index in [1.54, 1.807) is 18.2 Å². The summed E-state index contributed by atoms with van der Waals surface area (Å²) in [4.78, 5) is 11.1. The van der Waals surface area contributed by atoms with Gasteiger partial charge in [0.1, 0.15) is 0 Å². The van der Waals surface area contributed by atoms with E-state index in [4.69, 9.17) is 28.3 Å². The normalized spacial score (nSPS) is 25.1. The van der Waals surface area contributed by atoms with Gasteiger partial charge >= 0.3 is 5.97 Å². The molecule has 0 aliphatic heterocycles. The minimum Gasteiger partial charge on any atom is -0.481 e. The third-order valence-electron chi connectivity index (χ3n) is 3.57. The SMILES string of the molecule is O=C(O)C1CCCC1C(O)c1cc(Cl)ccc1Cl. The number of carbonyl (C=O) groups is 1. The topological polar surface area (TPSA) is 57.5 Å². The van der Waals surface area contributed by atoms with Gasteiger partial charge in [0.25, 0.3) is 0 Å². The number of aliphatic carboxylic acids is 1. The third kappa shape index (κ3) is 2.63. The van der Waals surface area contributed by atoms with Crippen LogP contribution in [0.4, 0.5) is 0 Å². The zero-order valence-electron chi connectivity index (χ0n) is 9.64. The molecule has 5 heteroatoms. The Labute approximate surface area is 115 Å². The minimum atomic E-state index is -0.875. The molecular formula is C13H14Cl2O3. The molecule has 2 rings (SSSR count). The molecule has 1 saturated carbocycles. The maximum atomic E-state index is 11.1. The maximum absolute atomic E-state index is 11.1. The number of aliphatic hydroxyl groups is 1. The van der Waals surface area contributed by atoms with E-state index in [1.165, 1.54) is 0 Å². The third-order valence-corrected chi connectivity index (χ3v) is 4.15. The van der Waals surface area contributed by atoms with Gasteiger partial charge in [-0.15, -0.1) is 0 Å². The van der Waals surface area contributed by atoms with Crippen molar-refractivity contribution in [1.82, 2.24) is 0 Å². The highest BCUT2D eigenvalue weighted by molar-refractivity contribution is 6.33. The van der Waals surface area contributed by atoms with Gasteiger partial charge in [0, 0.05) is 21.5 Å². The van der Waals surface area contributed by atoms with Crippen LogP contribution < -0.4 is 0 Å². The van der Waals surface area contributed by atoms with E-state index in [1.807, 2.05) is 0 Å². The van der Waals surface area contributed by atoms with Gasteiger partial charge in [-0.2, -0.15) is 0 Å². The number of hydrogen-bond donors (Lipinski definition) is 2. The zero-order chi connectivity index (χ0) is 13.3. The number of carboxylic acid groups (broad SMARTS) is 1. The van der Waals surface area contributed by atoms with Gasteiger partial charge in [-0.3, -0.25) is 4.79 Å². The summed E-state index contributed by atoms with van der Waals surface area (Å²) in [6.07, 6.45) is 1.24. The van der Waals surface area contributed by atoms with Crippen molar-refractivity contribution < 1.29 is 15.0 Å². The van der Waals surface area contributed by atoms with Gasteiger partial charge in [0.15, 0.2) is 0 Å². The summed E-state index contributed by atoms with van der Waals surface area (Å²) in [7, 11) is 0. The molecule has 3 unspecified atom stereocenters. The first-order valence-corrected chi connectivity index (χ1v) is 6.62. The van der Waals surface area contributed by atoms with E-state index in [0.717, 1.165) is 6.42 Å². The zero-order valence-corrected chi connectivity index (χ0v) is 11.2. The summed E-state index contributed by atoms with van der Waals surface area (Å²) >= 11 is 11.9. The summed E-state index contributed by atoms with van der Waals surface area (Å²) in [5, 5.41) is 20.4. The average Bonchev–Trinajstić information content (AvgIpc) is 2.80. The molecule has 0 radical (unpaired) electrons. The number of carboxylic acids is 1. The lowest BCUT2D eigenvalue weighted by Crippen LogP contribution is -2.24. The van der Waals surface area contributed by atoms with Crippen molar-refractivity contribution in [1.29, 1.82) is 0 Å². The number of aliphatic hydroxyl groups excluding tert-OH is 1. The van der Waals surface area contributed by atoms with Gasteiger partial charge in [0.05, 0.1) is 12.0 Å². The second-order valence-electron chi connectivity index (χ2n) is 4.65. The fourth-order valence-electron chi connectivity index (χ4n) is 2.65. The number of halogens is 2. The number of hydrogen-bond acceptors (Lipinski definition) is 2. The van der Waals surface area contributed by atoms with Crippen molar-refractivity contribution in [3.63, 3.8) is 0 Å². The maximum Gasteiger partial charge on any atom is 0.306 e. The van der Waals surface area contributed by atoms with Gasteiger partial charge in [-0.1, -0.05) is 29.6 Å². The van der Waals surface area contributed by atoms with Crippen molar-refractivity contribution in [3.05, 3.63) is 33.8 Å². The first-order chi connectivity index (χ1) is 8.50. The van der Waals surface area contributed by atoms with E-state index < -0.39 is 18.0 Å². The molecule has 0 heterocycles. The summed E-state index contributed by atoms with van der Waals surface area (Å²) in [5.74, 6) is -1.65. The number of benzene rings is 1. The molecule has 3 atom stereocenters. The lowest BCUT2D eigenvalue weighted by atomic mass is 9.87. The van der Waals surface area contributed by atoms with E-state index in [-0.39, 0.29) is 5.92 Å². The smallest absolute Gasteiger partial charge is 0.306 e. The monoisotopic (exact) mass is 288 g/mol. The largest absolute Gasteiger partial charge is 0.481 e. The molecule has 1 aromatic carbocycles. The Hall–Kier alpha value is -0.770. The molecule has 2 N–H and O–H groups in total. The van der Waals surface area contributed by atoms with Crippen LogP contribution in [-0.4, -0.2) is 16.2 Å². The number of rotatable bonds is 3. The Morgan fingerprint density at radius 3 is 2.72 bits per heavy atom. The Morgan fingerprint density at radius 1 is 1.33 bits per heavy atom. The first kappa shape index (κ1) is 13.7. The molecule has 0 aromatic heterocycles. The lowest BCUT2D eigenvalue weighted by Gasteiger charge is -2.23. The van der Waals surface area contributed by atoms with E-state index in [2.05, 4.69) is 0 Å². The summed E-state index contributed by atoms with van der Waals surface area (Å²) < 4.78 is 0. The highest BCUT2D eigenvalue weighted by Gasteiger charge is 2.38. The Morgan fingerprint density at radius 2 is 2.06 bits per heavy atom. The predicted molar refractivity (Wildman–Crippen MR) is 69.9 cm³/mol. The molecule has 0 spiro atoms. The molecule has 0 bridgehead atoms. The Balaban J connectivity index is 2.27.